The van der Waals surface area contributed by atoms with Gasteiger partial charge in [0.2, 0.25) is 11.1 Å². The highest BCUT2D eigenvalue weighted by molar-refractivity contribution is 14.1. The van der Waals surface area contributed by atoms with Crippen LogP contribution in [0, 0.1) is 10.5 Å². The Bertz CT molecular complexity index is 867. The van der Waals surface area contributed by atoms with Crippen molar-refractivity contribution >= 4 is 45.9 Å². The second kappa shape index (κ2) is 7.75. The number of carbonyl (C=O) groups excluding carboxylic acids is 1. The molecule has 1 N–H and O–H groups in total. The molecule has 1 amide bonds. The molecule has 8 heteroatoms. The number of tetrazole rings is 1. The maximum Gasteiger partial charge on any atom is 0.234 e. The van der Waals surface area contributed by atoms with E-state index >= 15 is 0 Å². The van der Waals surface area contributed by atoms with Gasteiger partial charge in [0, 0.05) is 3.57 Å². The van der Waals surface area contributed by atoms with Gasteiger partial charge in [0.15, 0.2) is 0 Å². The highest BCUT2D eigenvalue weighted by Gasteiger charge is 2.12. The minimum Gasteiger partial charge on any atom is -0.324 e. The first kappa shape index (κ1) is 16.9. The summed E-state index contributed by atoms with van der Waals surface area (Å²) < 4.78 is 2.63. The molecule has 122 valence electrons. The van der Waals surface area contributed by atoms with E-state index in [1.807, 2.05) is 55.5 Å². The Morgan fingerprint density at radius 2 is 2.08 bits per heavy atom. The monoisotopic (exact) mass is 451 g/mol. The standard InChI is InChI=1S/C16H14IN5OS/c1-11-5-4-6-12(9-11)22-16(19-20-21-22)24-10-15(23)18-14-8-3-2-7-13(14)17/h2-9H,10H2,1H3,(H,18,23). The molecule has 0 aliphatic rings. The molecule has 1 heterocycles. The van der Waals surface area contributed by atoms with E-state index in [1.165, 1.54) is 11.8 Å². The van der Waals surface area contributed by atoms with Crippen molar-refractivity contribution in [3.63, 3.8) is 0 Å². The molecule has 6 nitrogen and oxygen atoms in total. The zero-order valence-corrected chi connectivity index (χ0v) is 15.8. The lowest BCUT2D eigenvalue weighted by atomic mass is 10.2. The summed E-state index contributed by atoms with van der Waals surface area (Å²) in [5.41, 5.74) is 2.80. The quantitative estimate of drug-likeness (QED) is 0.476. The van der Waals surface area contributed by atoms with E-state index in [1.54, 1.807) is 4.68 Å². The Hall–Kier alpha value is -1.94. The number of anilines is 1. The third-order valence-corrected chi connectivity index (χ3v) is 5.03. The molecule has 0 saturated carbocycles. The number of benzene rings is 2. The highest BCUT2D eigenvalue weighted by Crippen LogP contribution is 2.20. The number of para-hydroxylation sites is 1. The summed E-state index contributed by atoms with van der Waals surface area (Å²) in [5.74, 6) is 0.139. The minimum atomic E-state index is -0.0945. The fraction of sp³-hybridized carbons (Fsp3) is 0.125. The number of aromatic nitrogens is 4. The van der Waals surface area contributed by atoms with Crippen LogP contribution in [-0.4, -0.2) is 31.9 Å². The number of halogens is 1. The number of nitrogens with one attached hydrogen (secondary N) is 1. The third kappa shape index (κ3) is 4.12. The number of carbonyl (C=O) groups is 1. The highest BCUT2D eigenvalue weighted by atomic mass is 127. The molecule has 24 heavy (non-hydrogen) atoms. The van der Waals surface area contributed by atoms with E-state index in [9.17, 15) is 4.79 Å². The molecule has 0 fully saturated rings. The molecule has 0 radical (unpaired) electrons. The van der Waals surface area contributed by atoms with E-state index < -0.39 is 0 Å². The van der Waals surface area contributed by atoms with Crippen molar-refractivity contribution in [2.75, 3.05) is 11.1 Å². The van der Waals surface area contributed by atoms with Crippen LogP contribution in [0.3, 0.4) is 0 Å². The fourth-order valence-electron chi connectivity index (χ4n) is 2.07. The Morgan fingerprint density at radius 1 is 1.25 bits per heavy atom. The second-order valence-corrected chi connectivity index (χ2v) is 7.13. The first-order chi connectivity index (χ1) is 11.6. The zero-order chi connectivity index (χ0) is 16.9. The molecule has 0 aliphatic carbocycles. The largest absolute Gasteiger partial charge is 0.324 e. The Morgan fingerprint density at radius 3 is 2.88 bits per heavy atom. The van der Waals surface area contributed by atoms with Crippen LogP contribution in [-0.2, 0) is 4.79 Å². The summed E-state index contributed by atoms with van der Waals surface area (Å²) in [7, 11) is 0. The van der Waals surface area contributed by atoms with Crippen molar-refractivity contribution in [1.29, 1.82) is 0 Å². The molecule has 0 atom stereocenters. The zero-order valence-electron chi connectivity index (χ0n) is 12.8. The van der Waals surface area contributed by atoms with Crippen LogP contribution < -0.4 is 5.32 Å². The van der Waals surface area contributed by atoms with Crippen LogP contribution in [0.4, 0.5) is 5.69 Å². The molecule has 0 aliphatic heterocycles. The number of hydrogen-bond acceptors (Lipinski definition) is 5. The molecule has 0 spiro atoms. The van der Waals surface area contributed by atoms with Crippen LogP contribution in [0.1, 0.15) is 5.56 Å². The number of hydrogen-bond donors (Lipinski definition) is 1. The molecule has 3 aromatic rings. The maximum absolute atomic E-state index is 12.1. The van der Waals surface area contributed by atoms with E-state index in [0.29, 0.717) is 5.16 Å². The van der Waals surface area contributed by atoms with Crippen LogP contribution in [0.25, 0.3) is 5.69 Å². The Labute approximate surface area is 157 Å². The summed E-state index contributed by atoms with van der Waals surface area (Å²) in [4.78, 5) is 12.1. The average molecular weight is 451 g/mol. The Kier molecular flexibility index (Phi) is 5.46. The van der Waals surface area contributed by atoms with Gasteiger partial charge in [-0.25, -0.2) is 0 Å². The molecule has 2 aromatic carbocycles. The average Bonchev–Trinajstić information content (AvgIpc) is 3.04. The summed E-state index contributed by atoms with van der Waals surface area (Å²) in [5, 5.41) is 15.2. The number of nitrogens with zero attached hydrogens (tertiary/aromatic N) is 4. The summed E-state index contributed by atoms with van der Waals surface area (Å²) >= 11 is 3.49. The van der Waals surface area contributed by atoms with Gasteiger partial charge in [-0.1, -0.05) is 36.0 Å². The normalized spacial score (nSPS) is 10.6. The lowest BCUT2D eigenvalue weighted by molar-refractivity contribution is -0.113. The predicted octanol–water partition coefficient (Wildman–Crippen LogP) is 3.31. The fourth-order valence-corrected chi connectivity index (χ4v) is 3.28. The van der Waals surface area contributed by atoms with Gasteiger partial charge in [-0.15, -0.1) is 5.10 Å². The summed E-state index contributed by atoms with van der Waals surface area (Å²) in [6.45, 7) is 2.01. The first-order valence-electron chi connectivity index (χ1n) is 7.16. The molecular formula is C16H14IN5OS. The van der Waals surface area contributed by atoms with Gasteiger partial charge in [-0.05, 0) is 69.8 Å². The number of thioether (sulfide) groups is 1. The predicted molar refractivity (Wildman–Crippen MR) is 102 cm³/mol. The molecular weight excluding hydrogens is 437 g/mol. The topological polar surface area (TPSA) is 72.7 Å². The lowest BCUT2D eigenvalue weighted by Crippen LogP contribution is -2.15. The SMILES string of the molecule is Cc1cccc(-n2nnnc2SCC(=O)Nc2ccccc2I)c1. The van der Waals surface area contributed by atoms with Crippen molar-refractivity contribution in [2.24, 2.45) is 0 Å². The number of rotatable bonds is 5. The van der Waals surface area contributed by atoms with Crippen LogP contribution in [0.5, 0.6) is 0 Å². The number of aryl methyl sites for hydroxylation is 1. The van der Waals surface area contributed by atoms with Gasteiger partial charge in [0.25, 0.3) is 0 Å². The molecule has 1 aromatic heterocycles. The maximum atomic E-state index is 12.1. The van der Waals surface area contributed by atoms with Crippen molar-refractivity contribution in [3.05, 3.63) is 57.7 Å². The van der Waals surface area contributed by atoms with Crippen molar-refractivity contribution < 1.29 is 4.79 Å². The van der Waals surface area contributed by atoms with E-state index in [0.717, 1.165) is 20.5 Å². The first-order valence-corrected chi connectivity index (χ1v) is 9.22. The van der Waals surface area contributed by atoms with Gasteiger partial charge in [0.05, 0.1) is 17.1 Å². The molecule has 3 rings (SSSR count). The van der Waals surface area contributed by atoms with E-state index in [4.69, 9.17) is 0 Å². The van der Waals surface area contributed by atoms with Gasteiger partial charge in [0.1, 0.15) is 0 Å². The van der Waals surface area contributed by atoms with Crippen molar-refractivity contribution in [3.8, 4) is 5.69 Å². The minimum absolute atomic E-state index is 0.0945. The second-order valence-electron chi connectivity index (χ2n) is 5.03. The molecule has 0 unspecified atom stereocenters. The summed E-state index contributed by atoms with van der Waals surface area (Å²) in [6, 6.07) is 15.5. The van der Waals surface area contributed by atoms with Crippen LogP contribution >= 0.6 is 34.4 Å². The van der Waals surface area contributed by atoms with E-state index in [-0.39, 0.29) is 11.7 Å². The van der Waals surface area contributed by atoms with Gasteiger partial charge < -0.3 is 5.32 Å². The van der Waals surface area contributed by atoms with E-state index in [2.05, 4.69) is 43.4 Å². The van der Waals surface area contributed by atoms with Gasteiger partial charge in [-0.2, -0.15) is 4.68 Å². The Balaban J connectivity index is 1.67. The third-order valence-electron chi connectivity index (χ3n) is 3.17. The number of amides is 1. The molecule has 0 saturated heterocycles. The summed E-state index contributed by atoms with van der Waals surface area (Å²) in [6.07, 6.45) is 0. The lowest BCUT2D eigenvalue weighted by Gasteiger charge is -2.07. The van der Waals surface area contributed by atoms with Crippen molar-refractivity contribution in [1.82, 2.24) is 20.2 Å². The van der Waals surface area contributed by atoms with Crippen molar-refractivity contribution in [2.45, 2.75) is 12.1 Å². The van der Waals surface area contributed by atoms with Crippen LogP contribution in [0.15, 0.2) is 53.7 Å². The van der Waals surface area contributed by atoms with Gasteiger partial charge in [-0.3, -0.25) is 4.79 Å². The van der Waals surface area contributed by atoms with Crippen LogP contribution in [0.2, 0.25) is 0 Å². The molecule has 0 bridgehead atoms. The van der Waals surface area contributed by atoms with Gasteiger partial charge >= 0.3 is 0 Å². The smallest absolute Gasteiger partial charge is 0.234 e.